The molecule has 158 valence electrons. The lowest BCUT2D eigenvalue weighted by atomic mass is 10.2. The van der Waals surface area contributed by atoms with E-state index < -0.39 is 17.5 Å². The number of thiazole rings is 1. The van der Waals surface area contributed by atoms with Crippen LogP contribution in [-0.2, 0) is 9.53 Å². The van der Waals surface area contributed by atoms with Gasteiger partial charge in [0, 0.05) is 17.7 Å². The molecule has 10 heteroatoms. The number of carbonyl (C=O) groups excluding carboxylic acids is 1. The summed E-state index contributed by atoms with van der Waals surface area (Å²) in [6.07, 6.45) is 1.52. The number of anilines is 1. The van der Waals surface area contributed by atoms with Crippen molar-refractivity contribution in [3.8, 4) is 5.75 Å². The standard InChI is InChI=1S/C20H16Cl2F2N2O3S/c21-11-3-4-16(14(22)6-11)29-10-18(27)26(9-13-2-1-5-28-13)20-25-19-15(24)7-12(23)8-17(19)30-20/h3-4,6-8,13H,1-2,5,9-10H2. The van der Waals surface area contributed by atoms with Crippen molar-refractivity contribution < 1.29 is 23.0 Å². The molecule has 3 aromatic rings. The van der Waals surface area contributed by atoms with Gasteiger partial charge in [0.2, 0.25) is 0 Å². The van der Waals surface area contributed by atoms with E-state index in [9.17, 15) is 13.6 Å². The lowest BCUT2D eigenvalue weighted by Gasteiger charge is -2.23. The summed E-state index contributed by atoms with van der Waals surface area (Å²) in [5.41, 5.74) is 0.0169. The van der Waals surface area contributed by atoms with Crippen LogP contribution in [0.3, 0.4) is 0 Å². The van der Waals surface area contributed by atoms with E-state index in [1.54, 1.807) is 12.1 Å². The monoisotopic (exact) mass is 472 g/mol. The predicted molar refractivity (Wildman–Crippen MR) is 113 cm³/mol. The van der Waals surface area contributed by atoms with Gasteiger partial charge in [-0.3, -0.25) is 9.69 Å². The molecule has 30 heavy (non-hydrogen) atoms. The van der Waals surface area contributed by atoms with E-state index in [-0.39, 0.29) is 34.9 Å². The van der Waals surface area contributed by atoms with Crippen LogP contribution in [0, 0.1) is 11.6 Å². The highest BCUT2D eigenvalue weighted by Crippen LogP contribution is 2.32. The second-order valence-electron chi connectivity index (χ2n) is 6.73. The Morgan fingerprint density at radius 3 is 2.87 bits per heavy atom. The van der Waals surface area contributed by atoms with E-state index in [2.05, 4.69) is 4.98 Å². The number of aromatic nitrogens is 1. The largest absolute Gasteiger partial charge is 0.482 e. The van der Waals surface area contributed by atoms with Gasteiger partial charge in [-0.1, -0.05) is 34.5 Å². The highest BCUT2D eigenvalue weighted by atomic mass is 35.5. The molecule has 1 aliphatic heterocycles. The maximum absolute atomic E-state index is 14.1. The number of carbonyl (C=O) groups is 1. The number of amides is 1. The van der Waals surface area contributed by atoms with Crippen LogP contribution in [0.15, 0.2) is 30.3 Å². The Kier molecular flexibility index (Phi) is 6.38. The van der Waals surface area contributed by atoms with Crippen LogP contribution in [0.5, 0.6) is 5.75 Å². The van der Waals surface area contributed by atoms with Crippen LogP contribution in [0.25, 0.3) is 10.2 Å². The van der Waals surface area contributed by atoms with Crippen LogP contribution >= 0.6 is 34.5 Å². The number of benzene rings is 2. The minimum atomic E-state index is -0.777. The van der Waals surface area contributed by atoms with Crippen molar-refractivity contribution in [2.75, 3.05) is 24.7 Å². The van der Waals surface area contributed by atoms with Crippen molar-refractivity contribution in [1.82, 2.24) is 4.98 Å². The van der Waals surface area contributed by atoms with Gasteiger partial charge >= 0.3 is 0 Å². The molecule has 5 nitrogen and oxygen atoms in total. The fourth-order valence-electron chi connectivity index (χ4n) is 3.15. The second kappa shape index (κ2) is 9.01. The molecular formula is C20H16Cl2F2N2O3S. The zero-order valence-electron chi connectivity index (χ0n) is 15.5. The molecule has 0 spiro atoms. The van der Waals surface area contributed by atoms with Crippen LogP contribution in [-0.4, -0.2) is 36.8 Å². The quantitative estimate of drug-likeness (QED) is 0.477. The molecule has 1 aliphatic rings. The van der Waals surface area contributed by atoms with Gasteiger partial charge in [0.05, 0.1) is 22.4 Å². The van der Waals surface area contributed by atoms with E-state index >= 15 is 0 Å². The maximum Gasteiger partial charge on any atom is 0.266 e. The third-order valence-corrected chi connectivity index (χ3v) is 6.14. The molecule has 1 saturated heterocycles. The zero-order chi connectivity index (χ0) is 21.3. The van der Waals surface area contributed by atoms with Crippen molar-refractivity contribution in [3.05, 3.63) is 52.0 Å². The van der Waals surface area contributed by atoms with Gasteiger partial charge in [-0.2, -0.15) is 0 Å². The number of halogens is 4. The normalized spacial score (nSPS) is 16.2. The second-order valence-corrected chi connectivity index (χ2v) is 8.59. The van der Waals surface area contributed by atoms with Crippen molar-refractivity contribution in [1.29, 1.82) is 0 Å². The van der Waals surface area contributed by atoms with Crippen LogP contribution in [0.1, 0.15) is 12.8 Å². The molecule has 1 fully saturated rings. The Labute approximate surface area is 185 Å². The molecule has 4 rings (SSSR count). The number of rotatable bonds is 6. The van der Waals surface area contributed by atoms with E-state index in [0.29, 0.717) is 22.1 Å². The van der Waals surface area contributed by atoms with Crippen molar-refractivity contribution in [2.24, 2.45) is 0 Å². The molecule has 0 N–H and O–H groups in total. The highest BCUT2D eigenvalue weighted by Gasteiger charge is 2.27. The molecular weight excluding hydrogens is 457 g/mol. The molecule has 1 unspecified atom stereocenters. The summed E-state index contributed by atoms with van der Waals surface area (Å²) in [6.45, 7) is 0.532. The molecule has 0 bridgehead atoms. The first kappa shape index (κ1) is 21.2. The first-order valence-corrected chi connectivity index (χ1v) is 10.7. The topological polar surface area (TPSA) is 51.7 Å². The molecule has 1 atom stereocenters. The molecule has 0 aliphatic carbocycles. The molecule has 2 aromatic carbocycles. The third kappa shape index (κ3) is 4.67. The van der Waals surface area contributed by atoms with Crippen LogP contribution in [0.2, 0.25) is 10.0 Å². The Bertz CT molecular complexity index is 1090. The minimum absolute atomic E-state index is 0.0169. The Hall–Kier alpha value is -2.00. The van der Waals surface area contributed by atoms with Gasteiger partial charge in [0.1, 0.15) is 17.1 Å². The average molecular weight is 473 g/mol. The van der Waals surface area contributed by atoms with E-state index in [1.807, 2.05) is 0 Å². The molecule has 2 heterocycles. The summed E-state index contributed by atoms with van der Waals surface area (Å²) in [5, 5.41) is 0.974. The summed E-state index contributed by atoms with van der Waals surface area (Å²) in [6, 6.07) is 6.64. The number of fused-ring (bicyclic) bond motifs is 1. The Balaban J connectivity index is 1.59. The number of nitrogens with zero attached hydrogens (tertiary/aromatic N) is 2. The molecule has 0 radical (unpaired) electrons. The Morgan fingerprint density at radius 2 is 2.13 bits per heavy atom. The van der Waals surface area contributed by atoms with Gasteiger partial charge in [0.15, 0.2) is 17.6 Å². The van der Waals surface area contributed by atoms with E-state index in [4.69, 9.17) is 32.7 Å². The smallest absolute Gasteiger partial charge is 0.266 e. The molecule has 0 saturated carbocycles. The van der Waals surface area contributed by atoms with E-state index in [1.165, 1.54) is 17.0 Å². The van der Waals surface area contributed by atoms with Crippen molar-refractivity contribution in [2.45, 2.75) is 18.9 Å². The first-order valence-electron chi connectivity index (χ1n) is 9.16. The Morgan fingerprint density at radius 1 is 1.30 bits per heavy atom. The van der Waals surface area contributed by atoms with Gasteiger partial charge in [-0.15, -0.1) is 0 Å². The summed E-state index contributed by atoms with van der Waals surface area (Å²) in [7, 11) is 0. The van der Waals surface area contributed by atoms with Gasteiger partial charge in [-0.05, 0) is 37.1 Å². The van der Waals surface area contributed by atoms with Gasteiger partial charge < -0.3 is 9.47 Å². The fraction of sp³-hybridized carbons (Fsp3) is 0.300. The zero-order valence-corrected chi connectivity index (χ0v) is 17.9. The van der Waals surface area contributed by atoms with Gasteiger partial charge in [-0.25, -0.2) is 13.8 Å². The lowest BCUT2D eigenvalue weighted by Crippen LogP contribution is -2.40. The minimum Gasteiger partial charge on any atom is -0.482 e. The number of ether oxygens (including phenoxy) is 2. The fourth-order valence-corrected chi connectivity index (χ4v) is 4.64. The van der Waals surface area contributed by atoms with E-state index in [0.717, 1.165) is 30.2 Å². The SMILES string of the molecule is O=C(COc1ccc(Cl)cc1Cl)N(CC1CCCO1)c1nc2c(F)cc(F)cc2s1. The lowest BCUT2D eigenvalue weighted by molar-refractivity contribution is -0.120. The number of hydrogen-bond acceptors (Lipinski definition) is 5. The first-order chi connectivity index (χ1) is 14.4. The molecule has 1 amide bonds. The van der Waals surface area contributed by atoms with Crippen molar-refractivity contribution >= 4 is 55.8 Å². The van der Waals surface area contributed by atoms with Gasteiger partial charge in [0.25, 0.3) is 5.91 Å². The number of hydrogen-bond donors (Lipinski definition) is 0. The average Bonchev–Trinajstić information content (AvgIpc) is 3.34. The van der Waals surface area contributed by atoms with Crippen LogP contribution in [0.4, 0.5) is 13.9 Å². The third-order valence-electron chi connectivity index (χ3n) is 4.59. The maximum atomic E-state index is 14.1. The highest BCUT2D eigenvalue weighted by molar-refractivity contribution is 7.22. The summed E-state index contributed by atoms with van der Waals surface area (Å²) in [4.78, 5) is 18.6. The summed E-state index contributed by atoms with van der Waals surface area (Å²) < 4.78 is 39.2. The predicted octanol–water partition coefficient (Wildman–Crippen LogP) is 5.47. The molecule has 1 aromatic heterocycles. The van der Waals surface area contributed by atoms with Crippen molar-refractivity contribution in [3.63, 3.8) is 0 Å². The van der Waals surface area contributed by atoms with Crippen LogP contribution < -0.4 is 9.64 Å². The summed E-state index contributed by atoms with van der Waals surface area (Å²) >= 11 is 13.0. The summed E-state index contributed by atoms with van der Waals surface area (Å²) in [5.74, 6) is -1.57.